The van der Waals surface area contributed by atoms with E-state index in [2.05, 4.69) is 22.1 Å². The third kappa shape index (κ3) is 2.40. The van der Waals surface area contributed by atoms with Crippen molar-refractivity contribution in [2.75, 3.05) is 0 Å². The molecule has 0 radical (unpaired) electrons. The summed E-state index contributed by atoms with van der Waals surface area (Å²) in [6, 6.07) is 14.2. The van der Waals surface area contributed by atoms with Crippen LogP contribution in [0.15, 0.2) is 54.9 Å². The van der Waals surface area contributed by atoms with E-state index in [0.29, 0.717) is 0 Å². The Hall–Kier alpha value is -2.26. The molecule has 0 saturated heterocycles. The first-order valence-electron chi connectivity index (χ1n) is 6.75. The van der Waals surface area contributed by atoms with Crippen molar-refractivity contribution in [2.24, 2.45) is 5.73 Å². The minimum absolute atomic E-state index is 0.0468. The normalized spacial score (nSPS) is 12.5. The van der Waals surface area contributed by atoms with E-state index in [1.165, 1.54) is 10.9 Å². The van der Waals surface area contributed by atoms with Crippen molar-refractivity contribution < 1.29 is 0 Å². The maximum Gasteiger partial charge on any atom is 0.0704 e. The second-order valence-corrected chi connectivity index (χ2v) is 4.98. The molecule has 3 rings (SSSR count). The van der Waals surface area contributed by atoms with Crippen molar-refractivity contribution >= 4 is 10.9 Å². The van der Waals surface area contributed by atoms with Crippen LogP contribution in [-0.4, -0.2) is 9.97 Å². The number of pyridine rings is 2. The second-order valence-electron chi connectivity index (χ2n) is 4.98. The highest BCUT2D eigenvalue weighted by molar-refractivity contribution is 5.81. The molecule has 3 heteroatoms. The minimum atomic E-state index is -0.0468. The van der Waals surface area contributed by atoms with E-state index < -0.39 is 0 Å². The van der Waals surface area contributed by atoms with Crippen LogP contribution in [0, 0.1) is 6.92 Å². The number of rotatable bonds is 3. The lowest BCUT2D eigenvalue weighted by atomic mass is 9.97. The third-order valence-corrected chi connectivity index (χ3v) is 3.63. The average molecular weight is 263 g/mol. The van der Waals surface area contributed by atoms with Crippen molar-refractivity contribution in [2.45, 2.75) is 19.4 Å². The topological polar surface area (TPSA) is 51.8 Å². The number of aromatic nitrogens is 2. The van der Waals surface area contributed by atoms with Crippen molar-refractivity contribution in [3.63, 3.8) is 0 Å². The summed E-state index contributed by atoms with van der Waals surface area (Å²) in [4.78, 5) is 8.70. The van der Waals surface area contributed by atoms with Crippen molar-refractivity contribution in [3.05, 3.63) is 71.7 Å². The van der Waals surface area contributed by atoms with Gasteiger partial charge in [0.1, 0.15) is 0 Å². The van der Waals surface area contributed by atoms with Gasteiger partial charge in [-0.15, -0.1) is 0 Å². The molecule has 0 aliphatic carbocycles. The molecule has 1 atom stereocenters. The largest absolute Gasteiger partial charge is 0.324 e. The number of nitrogens with zero attached hydrogens (tertiary/aromatic N) is 2. The summed E-state index contributed by atoms with van der Waals surface area (Å²) in [7, 11) is 0. The van der Waals surface area contributed by atoms with Crippen LogP contribution in [0.4, 0.5) is 0 Å². The number of para-hydroxylation sites is 1. The zero-order valence-corrected chi connectivity index (χ0v) is 11.5. The van der Waals surface area contributed by atoms with Crippen molar-refractivity contribution in [1.82, 2.24) is 9.97 Å². The third-order valence-electron chi connectivity index (χ3n) is 3.63. The molecule has 2 N–H and O–H groups in total. The van der Waals surface area contributed by atoms with Crippen LogP contribution in [0.5, 0.6) is 0 Å². The average Bonchev–Trinajstić information content (AvgIpc) is 2.48. The number of fused-ring (bicyclic) bond motifs is 1. The van der Waals surface area contributed by atoms with Gasteiger partial charge in [-0.25, -0.2) is 0 Å². The van der Waals surface area contributed by atoms with Crippen LogP contribution in [0.1, 0.15) is 22.9 Å². The Balaban J connectivity index is 1.96. The van der Waals surface area contributed by atoms with Gasteiger partial charge in [0.2, 0.25) is 0 Å². The van der Waals surface area contributed by atoms with Crippen LogP contribution in [0.25, 0.3) is 10.9 Å². The summed E-state index contributed by atoms with van der Waals surface area (Å²) in [6.45, 7) is 2.00. The number of hydrogen-bond donors (Lipinski definition) is 1. The quantitative estimate of drug-likeness (QED) is 0.789. The standard InChI is InChI=1S/C17H17N3/c1-12-14(6-4-9-19-12)16(18)11-13-8-10-20-17-7-3-2-5-15(13)17/h2-10,16H,11,18H2,1H3. The zero-order chi connectivity index (χ0) is 13.9. The lowest BCUT2D eigenvalue weighted by Gasteiger charge is -2.15. The number of aryl methyl sites for hydroxylation is 1. The van der Waals surface area contributed by atoms with Gasteiger partial charge in [-0.1, -0.05) is 24.3 Å². The molecule has 0 bridgehead atoms. The van der Waals surface area contributed by atoms with Crippen molar-refractivity contribution in [1.29, 1.82) is 0 Å². The molecular weight excluding hydrogens is 246 g/mol. The van der Waals surface area contributed by atoms with Gasteiger partial charge in [0.05, 0.1) is 5.52 Å². The molecule has 1 aromatic carbocycles. The summed E-state index contributed by atoms with van der Waals surface area (Å²) in [5, 5.41) is 1.17. The fourth-order valence-electron chi connectivity index (χ4n) is 2.57. The first-order chi connectivity index (χ1) is 9.75. The molecule has 0 fully saturated rings. The maximum absolute atomic E-state index is 6.36. The lowest BCUT2D eigenvalue weighted by Crippen LogP contribution is -2.15. The first kappa shape index (κ1) is 12.8. The van der Waals surface area contributed by atoms with Crippen LogP contribution < -0.4 is 5.73 Å². The number of benzene rings is 1. The number of nitrogens with two attached hydrogens (primary N) is 1. The highest BCUT2D eigenvalue weighted by Crippen LogP contribution is 2.23. The Kier molecular flexibility index (Phi) is 3.44. The summed E-state index contributed by atoms with van der Waals surface area (Å²) in [5.41, 5.74) is 10.7. The monoisotopic (exact) mass is 263 g/mol. The van der Waals surface area contributed by atoms with Gasteiger partial charge in [-0.2, -0.15) is 0 Å². The molecular formula is C17H17N3. The van der Waals surface area contributed by atoms with E-state index in [1.807, 2.05) is 43.5 Å². The van der Waals surface area contributed by atoms with Crippen LogP contribution in [0.3, 0.4) is 0 Å². The maximum atomic E-state index is 6.36. The van der Waals surface area contributed by atoms with Gasteiger partial charge < -0.3 is 5.73 Å². The first-order valence-corrected chi connectivity index (χ1v) is 6.75. The highest BCUT2D eigenvalue weighted by atomic mass is 14.7. The summed E-state index contributed by atoms with van der Waals surface area (Å²) in [5.74, 6) is 0. The Morgan fingerprint density at radius 1 is 1.00 bits per heavy atom. The molecule has 0 amide bonds. The molecule has 100 valence electrons. The molecule has 2 heterocycles. The van der Waals surface area contributed by atoms with Crippen LogP contribution >= 0.6 is 0 Å². The smallest absolute Gasteiger partial charge is 0.0704 e. The van der Waals surface area contributed by atoms with Crippen molar-refractivity contribution in [3.8, 4) is 0 Å². The minimum Gasteiger partial charge on any atom is -0.324 e. The van der Waals surface area contributed by atoms with Gasteiger partial charge in [-0.3, -0.25) is 9.97 Å². The van der Waals surface area contributed by atoms with Gasteiger partial charge in [0.25, 0.3) is 0 Å². The predicted molar refractivity (Wildman–Crippen MR) is 81.3 cm³/mol. The second kappa shape index (κ2) is 5.39. The molecule has 3 aromatic rings. The van der Waals surface area contributed by atoms with E-state index in [9.17, 15) is 0 Å². The Morgan fingerprint density at radius 3 is 2.70 bits per heavy atom. The van der Waals surface area contributed by atoms with Gasteiger partial charge in [0.15, 0.2) is 0 Å². The molecule has 0 aliphatic heterocycles. The Labute approximate surface area is 118 Å². The number of hydrogen-bond acceptors (Lipinski definition) is 3. The highest BCUT2D eigenvalue weighted by Gasteiger charge is 2.12. The summed E-state index contributed by atoms with van der Waals surface area (Å²) in [6.07, 6.45) is 4.43. The van der Waals surface area contributed by atoms with E-state index in [0.717, 1.165) is 23.2 Å². The van der Waals surface area contributed by atoms with E-state index in [-0.39, 0.29) is 6.04 Å². The predicted octanol–water partition coefficient (Wildman–Crippen LogP) is 3.18. The van der Waals surface area contributed by atoms with Gasteiger partial charge in [0, 0.05) is 29.5 Å². The SMILES string of the molecule is Cc1ncccc1C(N)Cc1ccnc2ccccc12. The van der Waals surface area contributed by atoms with E-state index in [1.54, 1.807) is 6.20 Å². The molecule has 1 unspecified atom stereocenters. The fourth-order valence-corrected chi connectivity index (χ4v) is 2.57. The van der Waals surface area contributed by atoms with E-state index in [4.69, 9.17) is 5.73 Å². The van der Waals surface area contributed by atoms with E-state index >= 15 is 0 Å². The summed E-state index contributed by atoms with van der Waals surface area (Å²) >= 11 is 0. The molecule has 0 spiro atoms. The zero-order valence-electron chi connectivity index (χ0n) is 11.5. The summed E-state index contributed by atoms with van der Waals surface area (Å²) < 4.78 is 0. The van der Waals surface area contributed by atoms with Gasteiger partial charge >= 0.3 is 0 Å². The molecule has 20 heavy (non-hydrogen) atoms. The molecule has 0 aliphatic rings. The van der Waals surface area contributed by atoms with Gasteiger partial charge in [-0.05, 0) is 42.7 Å². The molecule has 2 aromatic heterocycles. The lowest BCUT2D eigenvalue weighted by molar-refractivity contribution is 0.713. The van der Waals surface area contributed by atoms with Crippen LogP contribution in [0.2, 0.25) is 0 Å². The Morgan fingerprint density at radius 2 is 1.85 bits per heavy atom. The Bertz CT molecular complexity index is 732. The fraction of sp³-hybridized carbons (Fsp3) is 0.176. The molecule has 0 saturated carbocycles. The van der Waals surface area contributed by atoms with Crippen LogP contribution in [-0.2, 0) is 6.42 Å². The molecule has 3 nitrogen and oxygen atoms in total.